The molecule has 1 heterocycles. The van der Waals surface area contributed by atoms with Gasteiger partial charge < -0.3 is 15.8 Å². The molecule has 0 saturated carbocycles. The van der Waals surface area contributed by atoms with Gasteiger partial charge in [-0.2, -0.15) is 0 Å². The van der Waals surface area contributed by atoms with E-state index >= 15 is 0 Å². The molecule has 1 aliphatic heterocycles. The molecule has 3 nitrogen and oxygen atoms in total. The van der Waals surface area contributed by atoms with Crippen LogP contribution in [0.2, 0.25) is 0 Å². The van der Waals surface area contributed by atoms with Crippen molar-refractivity contribution >= 4 is 0 Å². The van der Waals surface area contributed by atoms with Crippen LogP contribution in [0.4, 0.5) is 0 Å². The molecular weight excluding hydrogens is 140 g/mol. The minimum atomic E-state index is 0.184. The van der Waals surface area contributed by atoms with Crippen LogP contribution >= 0.6 is 0 Å². The van der Waals surface area contributed by atoms with Gasteiger partial charge in [0.15, 0.2) is 0 Å². The highest BCUT2D eigenvalue weighted by Gasteiger charge is 2.39. The quantitative estimate of drug-likeness (QED) is 0.623. The molecule has 0 bridgehead atoms. The molecule has 0 radical (unpaired) electrons. The summed E-state index contributed by atoms with van der Waals surface area (Å²) in [6, 6.07) is 0. The molecule has 0 aromatic rings. The third-order valence-electron chi connectivity index (χ3n) is 2.44. The van der Waals surface area contributed by atoms with Gasteiger partial charge in [-0.05, 0) is 6.42 Å². The Balaban J connectivity index is 2.67. The van der Waals surface area contributed by atoms with E-state index in [9.17, 15) is 0 Å². The van der Waals surface area contributed by atoms with E-state index in [0.29, 0.717) is 0 Å². The zero-order chi connectivity index (χ0) is 8.32. The molecule has 1 saturated heterocycles. The van der Waals surface area contributed by atoms with Gasteiger partial charge >= 0.3 is 0 Å². The summed E-state index contributed by atoms with van der Waals surface area (Å²) in [5.41, 5.74) is 6.76. The van der Waals surface area contributed by atoms with Crippen molar-refractivity contribution in [3.05, 3.63) is 11.9 Å². The van der Waals surface area contributed by atoms with Crippen LogP contribution in [0.5, 0.6) is 0 Å². The second-order valence-electron chi connectivity index (χ2n) is 2.96. The summed E-state index contributed by atoms with van der Waals surface area (Å²) in [5, 5.41) is 3.10. The van der Waals surface area contributed by atoms with Gasteiger partial charge in [0.2, 0.25) is 0 Å². The molecule has 0 aromatic carbocycles. The van der Waals surface area contributed by atoms with E-state index in [-0.39, 0.29) is 5.41 Å². The van der Waals surface area contributed by atoms with Crippen molar-refractivity contribution in [2.45, 2.75) is 13.3 Å². The number of hydrogen-bond acceptors (Lipinski definition) is 3. The SMILES string of the molecule is CCC1(/C(=C/N)NC)COC1. The van der Waals surface area contributed by atoms with Gasteiger partial charge in [0.05, 0.1) is 18.6 Å². The predicted molar refractivity (Wildman–Crippen MR) is 44.9 cm³/mol. The third-order valence-corrected chi connectivity index (χ3v) is 2.44. The summed E-state index contributed by atoms with van der Waals surface area (Å²) in [4.78, 5) is 0. The zero-order valence-electron chi connectivity index (χ0n) is 7.18. The van der Waals surface area contributed by atoms with Crippen molar-refractivity contribution in [1.29, 1.82) is 0 Å². The number of ether oxygens (including phenoxy) is 1. The average Bonchev–Trinajstić information content (AvgIpc) is 1.96. The molecule has 1 aliphatic rings. The molecule has 0 atom stereocenters. The summed E-state index contributed by atoms with van der Waals surface area (Å²) < 4.78 is 5.18. The Kier molecular flexibility index (Phi) is 2.39. The lowest BCUT2D eigenvalue weighted by Gasteiger charge is -2.42. The summed E-state index contributed by atoms with van der Waals surface area (Å²) >= 11 is 0. The fourth-order valence-electron chi connectivity index (χ4n) is 1.42. The zero-order valence-corrected chi connectivity index (χ0v) is 7.18. The van der Waals surface area contributed by atoms with E-state index in [4.69, 9.17) is 10.5 Å². The van der Waals surface area contributed by atoms with E-state index in [1.807, 2.05) is 7.05 Å². The monoisotopic (exact) mass is 156 g/mol. The Hall–Kier alpha value is -0.700. The summed E-state index contributed by atoms with van der Waals surface area (Å²) in [5.74, 6) is 0. The first kappa shape index (κ1) is 8.40. The molecule has 1 rings (SSSR count). The number of rotatable bonds is 3. The van der Waals surface area contributed by atoms with Crippen LogP contribution in [0.25, 0.3) is 0 Å². The van der Waals surface area contributed by atoms with E-state index in [0.717, 1.165) is 25.3 Å². The lowest BCUT2D eigenvalue weighted by atomic mass is 9.80. The maximum absolute atomic E-state index is 5.47. The van der Waals surface area contributed by atoms with Gasteiger partial charge in [0.1, 0.15) is 0 Å². The second kappa shape index (κ2) is 3.13. The van der Waals surface area contributed by atoms with E-state index < -0.39 is 0 Å². The summed E-state index contributed by atoms with van der Waals surface area (Å²) in [6.45, 7) is 3.75. The molecule has 3 N–H and O–H groups in total. The molecule has 0 unspecified atom stereocenters. The summed E-state index contributed by atoms with van der Waals surface area (Å²) in [7, 11) is 1.90. The van der Waals surface area contributed by atoms with Crippen molar-refractivity contribution in [3.63, 3.8) is 0 Å². The van der Waals surface area contributed by atoms with Crippen LogP contribution in [0, 0.1) is 5.41 Å². The van der Waals surface area contributed by atoms with Crippen molar-refractivity contribution in [2.75, 3.05) is 20.3 Å². The first-order chi connectivity index (χ1) is 5.29. The molecule has 0 spiro atoms. The highest BCUT2D eigenvalue weighted by molar-refractivity contribution is 5.14. The van der Waals surface area contributed by atoms with Crippen LogP contribution < -0.4 is 11.1 Å². The molecule has 0 amide bonds. The van der Waals surface area contributed by atoms with Gasteiger partial charge in [-0.3, -0.25) is 0 Å². The van der Waals surface area contributed by atoms with Gasteiger partial charge in [-0.25, -0.2) is 0 Å². The van der Waals surface area contributed by atoms with Crippen LogP contribution in [0.1, 0.15) is 13.3 Å². The normalized spacial score (nSPS) is 22.5. The Bertz CT molecular complexity index is 156. The second-order valence-corrected chi connectivity index (χ2v) is 2.96. The maximum atomic E-state index is 5.47. The number of nitrogens with one attached hydrogen (secondary N) is 1. The first-order valence-corrected chi connectivity index (χ1v) is 3.97. The predicted octanol–water partition coefficient (Wildman–Crippen LogP) is 0.432. The number of nitrogens with two attached hydrogens (primary N) is 1. The lowest BCUT2D eigenvalue weighted by molar-refractivity contribution is -0.0939. The molecule has 0 aromatic heterocycles. The van der Waals surface area contributed by atoms with Gasteiger partial charge in [0.25, 0.3) is 0 Å². The third kappa shape index (κ3) is 1.20. The molecular formula is C8H16N2O. The molecule has 11 heavy (non-hydrogen) atoms. The Morgan fingerprint density at radius 2 is 2.36 bits per heavy atom. The van der Waals surface area contributed by atoms with Crippen molar-refractivity contribution in [2.24, 2.45) is 11.1 Å². The van der Waals surface area contributed by atoms with Crippen LogP contribution in [0.3, 0.4) is 0 Å². The Labute approximate surface area is 67.6 Å². The van der Waals surface area contributed by atoms with Crippen molar-refractivity contribution < 1.29 is 4.74 Å². The van der Waals surface area contributed by atoms with Gasteiger partial charge in [-0.1, -0.05) is 6.92 Å². The van der Waals surface area contributed by atoms with E-state index in [1.165, 1.54) is 0 Å². The van der Waals surface area contributed by atoms with Crippen molar-refractivity contribution in [1.82, 2.24) is 5.32 Å². The Morgan fingerprint density at radius 3 is 2.45 bits per heavy atom. The van der Waals surface area contributed by atoms with Crippen LogP contribution in [0.15, 0.2) is 11.9 Å². The molecule has 64 valence electrons. The minimum Gasteiger partial charge on any atom is -0.403 e. The first-order valence-electron chi connectivity index (χ1n) is 3.97. The fraction of sp³-hybridized carbons (Fsp3) is 0.750. The highest BCUT2D eigenvalue weighted by atomic mass is 16.5. The molecule has 0 aliphatic carbocycles. The summed E-state index contributed by atoms with van der Waals surface area (Å²) in [6.07, 6.45) is 2.73. The molecule has 3 heteroatoms. The Morgan fingerprint density at radius 1 is 1.73 bits per heavy atom. The average molecular weight is 156 g/mol. The van der Waals surface area contributed by atoms with Crippen LogP contribution in [-0.4, -0.2) is 20.3 Å². The van der Waals surface area contributed by atoms with E-state index in [2.05, 4.69) is 12.2 Å². The lowest BCUT2D eigenvalue weighted by Crippen LogP contribution is -2.47. The maximum Gasteiger partial charge on any atom is 0.0600 e. The molecule has 1 fully saturated rings. The van der Waals surface area contributed by atoms with Gasteiger partial charge in [-0.15, -0.1) is 0 Å². The van der Waals surface area contributed by atoms with Crippen molar-refractivity contribution in [3.8, 4) is 0 Å². The largest absolute Gasteiger partial charge is 0.403 e. The number of hydrogen-bond donors (Lipinski definition) is 2. The smallest absolute Gasteiger partial charge is 0.0600 e. The fourth-order valence-corrected chi connectivity index (χ4v) is 1.42. The standard InChI is InChI=1S/C8H16N2O/c1-3-8(5-11-6-8)7(4-9)10-2/h4,10H,3,5-6,9H2,1-2H3/b7-4-. The van der Waals surface area contributed by atoms with Gasteiger partial charge in [0, 0.05) is 18.9 Å². The highest BCUT2D eigenvalue weighted by Crippen LogP contribution is 2.36. The van der Waals surface area contributed by atoms with E-state index in [1.54, 1.807) is 6.20 Å². The minimum absolute atomic E-state index is 0.184. The van der Waals surface area contributed by atoms with Crippen LogP contribution in [-0.2, 0) is 4.74 Å². The topological polar surface area (TPSA) is 47.3 Å².